The number of aliphatic hydroxyl groups is 1. The second kappa shape index (κ2) is 5.63. The summed E-state index contributed by atoms with van der Waals surface area (Å²) in [6, 6.07) is 1.80. The van der Waals surface area contributed by atoms with Crippen LogP contribution in [0.5, 0.6) is 0 Å². The van der Waals surface area contributed by atoms with Crippen LogP contribution in [0.3, 0.4) is 0 Å². The van der Waals surface area contributed by atoms with E-state index in [1.807, 2.05) is 0 Å². The highest BCUT2D eigenvalue weighted by atomic mass is 16.3. The minimum atomic E-state index is -0.707. The Morgan fingerprint density at radius 2 is 2.36 bits per heavy atom. The third kappa shape index (κ3) is 4.29. The van der Waals surface area contributed by atoms with Gasteiger partial charge < -0.3 is 10.1 Å². The van der Waals surface area contributed by atoms with Gasteiger partial charge in [-0.05, 0) is 19.6 Å². The number of rotatable bonds is 5. The second-order valence-electron chi connectivity index (χ2n) is 2.24. The molecule has 0 spiro atoms. The smallest absolute Gasteiger partial charge is 0.0968 e. The van der Waals surface area contributed by atoms with E-state index in [0.717, 1.165) is 6.42 Å². The molecule has 0 aliphatic heterocycles. The zero-order valence-electron chi connectivity index (χ0n) is 6.45. The van der Waals surface area contributed by atoms with Gasteiger partial charge in [0.25, 0.3) is 0 Å². The molecule has 0 heterocycles. The van der Waals surface area contributed by atoms with Crippen molar-refractivity contribution in [3.8, 4) is 6.07 Å². The van der Waals surface area contributed by atoms with Gasteiger partial charge in [0.15, 0.2) is 0 Å². The minimum absolute atomic E-state index is 0.217. The van der Waals surface area contributed by atoms with E-state index in [2.05, 4.69) is 18.3 Å². The fourth-order valence-electron chi connectivity index (χ4n) is 0.645. The summed E-state index contributed by atoms with van der Waals surface area (Å²) in [6.45, 7) is 7.32. The Balaban J connectivity index is 3.53. The largest absolute Gasteiger partial charge is 0.388 e. The molecule has 0 saturated heterocycles. The fraction of sp³-hybridized carbons (Fsp3) is 0.500. The first-order valence-electron chi connectivity index (χ1n) is 3.41. The molecule has 0 saturated carbocycles. The van der Waals surface area contributed by atoms with Crippen LogP contribution in [-0.2, 0) is 0 Å². The number of nitrogens with zero attached hydrogens (tertiary/aromatic N) is 2. The van der Waals surface area contributed by atoms with Crippen LogP contribution in [0.2, 0.25) is 0 Å². The molecule has 0 bridgehead atoms. The van der Waals surface area contributed by atoms with Crippen molar-refractivity contribution in [3.63, 3.8) is 0 Å². The maximum absolute atomic E-state index is 9.16. The fourth-order valence-corrected chi connectivity index (χ4v) is 0.645. The van der Waals surface area contributed by atoms with Crippen molar-refractivity contribution in [2.75, 3.05) is 6.54 Å². The van der Waals surface area contributed by atoms with E-state index in [9.17, 15) is 0 Å². The topological polar surface area (TPSA) is 56.4 Å². The van der Waals surface area contributed by atoms with E-state index in [1.54, 1.807) is 6.07 Å². The molecule has 0 radical (unpaired) electrons. The van der Waals surface area contributed by atoms with Crippen LogP contribution in [0.25, 0.3) is 0 Å². The Morgan fingerprint density at radius 3 is 2.82 bits per heavy atom. The highest BCUT2D eigenvalue weighted by Gasteiger charge is 2.06. The predicted octanol–water partition coefficient (Wildman–Crippen LogP) is 0.908. The summed E-state index contributed by atoms with van der Waals surface area (Å²) in [5.74, 6) is 0. The van der Waals surface area contributed by atoms with Crippen LogP contribution in [0.1, 0.15) is 12.8 Å². The normalized spacial score (nSPS) is 11.6. The Kier molecular flexibility index (Phi) is 5.05. The number of aliphatic hydroxyl groups excluding tert-OH is 1. The van der Waals surface area contributed by atoms with E-state index in [1.165, 1.54) is 0 Å². The van der Waals surface area contributed by atoms with Gasteiger partial charge in [0.05, 0.1) is 17.7 Å². The van der Waals surface area contributed by atoms with Gasteiger partial charge >= 0.3 is 0 Å². The minimum Gasteiger partial charge on any atom is -0.388 e. The molecule has 0 aromatic carbocycles. The number of hydrogen-bond acceptors (Lipinski definition) is 3. The molecule has 3 nitrogen and oxygen atoms in total. The molecular formula is C8H12N2O. The van der Waals surface area contributed by atoms with E-state index < -0.39 is 6.10 Å². The average molecular weight is 152 g/mol. The quantitative estimate of drug-likeness (QED) is 0.361. The summed E-state index contributed by atoms with van der Waals surface area (Å²) in [7, 11) is 0. The monoisotopic (exact) mass is 152 g/mol. The van der Waals surface area contributed by atoms with Crippen molar-refractivity contribution in [1.82, 2.24) is 0 Å². The van der Waals surface area contributed by atoms with Gasteiger partial charge in [-0.3, -0.25) is 0 Å². The molecule has 0 fully saturated rings. The summed E-state index contributed by atoms with van der Waals surface area (Å²) in [5, 5.41) is 17.5. The highest BCUT2D eigenvalue weighted by molar-refractivity contribution is 5.23. The lowest BCUT2D eigenvalue weighted by molar-refractivity contribution is 0.203. The first-order valence-corrected chi connectivity index (χ1v) is 3.41. The Bertz CT molecular complexity index is 181. The summed E-state index contributed by atoms with van der Waals surface area (Å²) in [4.78, 5) is 3.62. The maximum Gasteiger partial charge on any atom is 0.0968 e. The van der Waals surface area contributed by atoms with Crippen molar-refractivity contribution in [2.45, 2.75) is 18.9 Å². The van der Waals surface area contributed by atoms with Crippen LogP contribution in [0, 0.1) is 11.3 Å². The lowest BCUT2D eigenvalue weighted by Crippen LogP contribution is -2.08. The average Bonchev–Trinajstić information content (AvgIpc) is 2.03. The molecule has 0 aliphatic carbocycles. The Labute approximate surface area is 66.7 Å². The van der Waals surface area contributed by atoms with Crippen molar-refractivity contribution in [1.29, 1.82) is 5.26 Å². The molecule has 1 unspecified atom stereocenters. The summed E-state index contributed by atoms with van der Waals surface area (Å²) in [6.07, 6.45) is 0.568. The Hall–Kier alpha value is -1.14. The van der Waals surface area contributed by atoms with Gasteiger partial charge in [-0.2, -0.15) is 5.26 Å². The zero-order chi connectivity index (χ0) is 8.69. The van der Waals surface area contributed by atoms with Crippen LogP contribution in [0.15, 0.2) is 17.1 Å². The molecule has 0 aliphatic rings. The van der Waals surface area contributed by atoms with Gasteiger partial charge in [-0.25, -0.2) is 0 Å². The molecule has 1 N–H and O–H groups in total. The summed E-state index contributed by atoms with van der Waals surface area (Å²) in [5.41, 5.74) is 0.217. The molecule has 1 atom stereocenters. The van der Waals surface area contributed by atoms with E-state index in [4.69, 9.17) is 10.4 Å². The molecule has 0 amide bonds. The first kappa shape index (κ1) is 9.86. The van der Waals surface area contributed by atoms with Crippen molar-refractivity contribution >= 4 is 6.72 Å². The number of aliphatic imine (C=N–C) groups is 1. The lowest BCUT2D eigenvalue weighted by atomic mass is 10.1. The molecular weight excluding hydrogens is 140 g/mol. The first-order chi connectivity index (χ1) is 5.22. The van der Waals surface area contributed by atoms with Gasteiger partial charge in [0, 0.05) is 6.54 Å². The van der Waals surface area contributed by atoms with Crippen molar-refractivity contribution < 1.29 is 5.11 Å². The lowest BCUT2D eigenvalue weighted by Gasteiger charge is -2.05. The number of hydrogen-bond donors (Lipinski definition) is 1. The van der Waals surface area contributed by atoms with E-state index in [-0.39, 0.29) is 5.57 Å². The standard InChI is InChI=1S/C8H12N2O/c1-7(6-9)8(11)4-3-5-10-2/h8,11H,1-5H2. The molecule has 0 aromatic rings. The second-order valence-corrected chi connectivity index (χ2v) is 2.24. The van der Waals surface area contributed by atoms with Crippen molar-refractivity contribution in [2.24, 2.45) is 4.99 Å². The maximum atomic E-state index is 9.16. The van der Waals surface area contributed by atoms with Gasteiger partial charge in [-0.1, -0.05) is 6.58 Å². The molecule has 60 valence electrons. The third-order valence-corrected chi connectivity index (χ3v) is 1.34. The molecule has 0 rings (SSSR count). The molecule has 3 heteroatoms. The van der Waals surface area contributed by atoms with Gasteiger partial charge in [-0.15, -0.1) is 0 Å². The van der Waals surface area contributed by atoms with Crippen LogP contribution in [0.4, 0.5) is 0 Å². The summed E-state index contributed by atoms with van der Waals surface area (Å²) < 4.78 is 0. The summed E-state index contributed by atoms with van der Waals surface area (Å²) >= 11 is 0. The van der Waals surface area contributed by atoms with Gasteiger partial charge in [0.2, 0.25) is 0 Å². The number of nitriles is 1. The Morgan fingerprint density at radius 1 is 1.73 bits per heavy atom. The molecule has 0 aromatic heterocycles. The van der Waals surface area contributed by atoms with Gasteiger partial charge in [0.1, 0.15) is 0 Å². The van der Waals surface area contributed by atoms with Crippen LogP contribution < -0.4 is 0 Å². The third-order valence-electron chi connectivity index (χ3n) is 1.34. The predicted molar refractivity (Wildman–Crippen MR) is 44.4 cm³/mol. The van der Waals surface area contributed by atoms with E-state index >= 15 is 0 Å². The SMILES string of the molecule is C=NCCCC(O)C(=C)C#N. The van der Waals surface area contributed by atoms with E-state index in [0.29, 0.717) is 13.0 Å². The molecule has 11 heavy (non-hydrogen) atoms. The van der Waals surface area contributed by atoms with Crippen molar-refractivity contribution in [3.05, 3.63) is 12.2 Å². The van der Waals surface area contributed by atoms with Crippen LogP contribution >= 0.6 is 0 Å². The highest BCUT2D eigenvalue weighted by Crippen LogP contribution is 2.05. The zero-order valence-corrected chi connectivity index (χ0v) is 6.45. The van der Waals surface area contributed by atoms with Crippen LogP contribution in [-0.4, -0.2) is 24.5 Å².